The minimum atomic E-state index is -0.714. The van der Waals surface area contributed by atoms with Crippen molar-refractivity contribution in [3.8, 4) is 11.5 Å². The van der Waals surface area contributed by atoms with Gasteiger partial charge in [-0.3, -0.25) is 4.79 Å². The lowest BCUT2D eigenvalue weighted by atomic mass is 10.0. The van der Waals surface area contributed by atoms with Crippen molar-refractivity contribution < 1.29 is 23.8 Å². The SMILES string of the molecule is Cc1c(CC(=O)NCCc2ccccc2F)c(=O)oc2cc(O)cc(O)c12. The molecule has 1 heterocycles. The fraction of sp³-hybridized carbons (Fsp3) is 0.200. The van der Waals surface area contributed by atoms with Crippen LogP contribution < -0.4 is 10.9 Å². The highest BCUT2D eigenvalue weighted by Crippen LogP contribution is 2.32. The van der Waals surface area contributed by atoms with Gasteiger partial charge in [0.15, 0.2) is 0 Å². The summed E-state index contributed by atoms with van der Waals surface area (Å²) < 4.78 is 18.7. The van der Waals surface area contributed by atoms with Crippen molar-refractivity contribution in [2.45, 2.75) is 19.8 Å². The standard InChI is InChI=1S/C20H18FNO5/c1-11-14(20(26)27-17-9-13(23)8-16(24)19(11)17)10-18(25)22-7-6-12-4-2-3-5-15(12)21/h2-5,8-9,23-24H,6-7,10H2,1H3,(H,22,25). The molecule has 2 aromatic carbocycles. The fourth-order valence-corrected chi connectivity index (χ4v) is 2.98. The second kappa shape index (κ2) is 7.49. The Morgan fingerprint density at radius 1 is 1.22 bits per heavy atom. The lowest BCUT2D eigenvalue weighted by Gasteiger charge is -2.10. The van der Waals surface area contributed by atoms with Gasteiger partial charge in [-0.25, -0.2) is 9.18 Å². The van der Waals surface area contributed by atoms with Crippen molar-refractivity contribution in [3.05, 3.63) is 69.3 Å². The quantitative estimate of drug-likeness (QED) is 0.599. The number of amides is 1. The van der Waals surface area contributed by atoms with Crippen LogP contribution in [0.25, 0.3) is 11.0 Å². The fourth-order valence-electron chi connectivity index (χ4n) is 2.98. The summed E-state index contributed by atoms with van der Waals surface area (Å²) in [5.74, 6) is -1.23. The average Bonchev–Trinajstić information content (AvgIpc) is 2.59. The maximum absolute atomic E-state index is 13.6. The summed E-state index contributed by atoms with van der Waals surface area (Å²) in [4.78, 5) is 24.4. The first-order valence-corrected chi connectivity index (χ1v) is 8.35. The van der Waals surface area contributed by atoms with Gasteiger partial charge in [0.05, 0.1) is 17.4 Å². The van der Waals surface area contributed by atoms with E-state index in [9.17, 15) is 24.2 Å². The van der Waals surface area contributed by atoms with Crippen LogP contribution in [0, 0.1) is 12.7 Å². The van der Waals surface area contributed by atoms with Gasteiger partial charge in [0, 0.05) is 18.7 Å². The number of aryl methyl sites for hydroxylation is 1. The van der Waals surface area contributed by atoms with Gasteiger partial charge >= 0.3 is 5.63 Å². The zero-order valence-electron chi connectivity index (χ0n) is 14.6. The summed E-state index contributed by atoms with van der Waals surface area (Å²) in [6.45, 7) is 1.81. The van der Waals surface area contributed by atoms with Gasteiger partial charge in [-0.05, 0) is 30.5 Å². The molecule has 0 spiro atoms. The van der Waals surface area contributed by atoms with E-state index in [1.165, 1.54) is 12.1 Å². The molecule has 0 aliphatic rings. The van der Waals surface area contributed by atoms with Crippen LogP contribution in [0.4, 0.5) is 4.39 Å². The van der Waals surface area contributed by atoms with Gasteiger partial charge in [0.25, 0.3) is 0 Å². The summed E-state index contributed by atoms with van der Waals surface area (Å²) in [5, 5.41) is 22.4. The number of halogens is 1. The molecule has 7 heteroatoms. The number of hydrogen-bond acceptors (Lipinski definition) is 5. The molecule has 0 saturated carbocycles. The number of phenols is 2. The molecule has 0 saturated heterocycles. The normalized spacial score (nSPS) is 10.9. The number of carbonyl (C=O) groups is 1. The number of fused-ring (bicyclic) bond motifs is 1. The molecule has 1 amide bonds. The molecule has 0 aliphatic heterocycles. The first-order valence-electron chi connectivity index (χ1n) is 8.35. The van der Waals surface area contributed by atoms with E-state index in [-0.39, 0.29) is 46.8 Å². The second-order valence-corrected chi connectivity index (χ2v) is 6.20. The van der Waals surface area contributed by atoms with Crippen molar-refractivity contribution in [1.82, 2.24) is 5.32 Å². The number of carbonyl (C=O) groups excluding carboxylic acids is 1. The molecule has 27 heavy (non-hydrogen) atoms. The van der Waals surface area contributed by atoms with Crippen molar-refractivity contribution in [3.63, 3.8) is 0 Å². The molecular weight excluding hydrogens is 353 g/mol. The summed E-state index contributed by atoms with van der Waals surface area (Å²) in [7, 11) is 0. The summed E-state index contributed by atoms with van der Waals surface area (Å²) in [6.07, 6.45) is 0.0888. The monoisotopic (exact) mass is 371 g/mol. The Balaban J connectivity index is 1.75. The van der Waals surface area contributed by atoms with Gasteiger partial charge in [0.1, 0.15) is 22.9 Å². The van der Waals surface area contributed by atoms with Crippen molar-refractivity contribution in [2.75, 3.05) is 6.54 Å². The van der Waals surface area contributed by atoms with Gasteiger partial charge in [-0.2, -0.15) is 0 Å². The molecule has 1 aromatic heterocycles. The van der Waals surface area contributed by atoms with Crippen LogP contribution >= 0.6 is 0 Å². The van der Waals surface area contributed by atoms with Gasteiger partial charge in [0.2, 0.25) is 5.91 Å². The predicted octanol–water partition coefficient (Wildman–Crippen LogP) is 2.55. The van der Waals surface area contributed by atoms with Crippen molar-refractivity contribution in [1.29, 1.82) is 0 Å². The minimum absolute atomic E-state index is 0.0405. The molecule has 0 unspecified atom stereocenters. The Morgan fingerprint density at radius 3 is 2.70 bits per heavy atom. The molecule has 3 aromatic rings. The second-order valence-electron chi connectivity index (χ2n) is 6.20. The number of nitrogens with one attached hydrogen (secondary N) is 1. The Bertz CT molecular complexity index is 1070. The highest BCUT2D eigenvalue weighted by molar-refractivity contribution is 5.89. The molecule has 0 radical (unpaired) electrons. The molecule has 6 nitrogen and oxygen atoms in total. The van der Waals surface area contributed by atoms with E-state index in [0.29, 0.717) is 17.5 Å². The van der Waals surface area contributed by atoms with E-state index in [1.54, 1.807) is 25.1 Å². The predicted molar refractivity (Wildman–Crippen MR) is 97.4 cm³/mol. The Labute approximate surface area is 153 Å². The lowest BCUT2D eigenvalue weighted by molar-refractivity contribution is -0.120. The van der Waals surface area contributed by atoms with Gasteiger partial charge < -0.3 is 19.9 Å². The number of rotatable bonds is 5. The third-order valence-corrected chi connectivity index (χ3v) is 4.35. The smallest absolute Gasteiger partial charge is 0.340 e. The topological polar surface area (TPSA) is 99.8 Å². The number of hydrogen-bond donors (Lipinski definition) is 3. The third-order valence-electron chi connectivity index (χ3n) is 4.35. The molecular formula is C20H18FNO5. The number of aromatic hydroxyl groups is 2. The van der Waals surface area contributed by atoms with E-state index in [2.05, 4.69) is 5.32 Å². The van der Waals surface area contributed by atoms with E-state index in [1.807, 2.05) is 0 Å². The first kappa shape index (κ1) is 18.4. The van der Waals surface area contributed by atoms with Crippen LogP contribution in [0.15, 0.2) is 45.6 Å². The average molecular weight is 371 g/mol. The van der Waals surface area contributed by atoms with Crippen LogP contribution in [0.3, 0.4) is 0 Å². The van der Waals surface area contributed by atoms with Crippen LogP contribution in [-0.4, -0.2) is 22.7 Å². The molecule has 0 fully saturated rings. The van der Waals surface area contributed by atoms with Crippen LogP contribution in [0.1, 0.15) is 16.7 Å². The lowest BCUT2D eigenvalue weighted by Crippen LogP contribution is -2.29. The zero-order chi connectivity index (χ0) is 19.6. The highest BCUT2D eigenvalue weighted by Gasteiger charge is 2.17. The Morgan fingerprint density at radius 2 is 1.96 bits per heavy atom. The van der Waals surface area contributed by atoms with E-state index < -0.39 is 11.5 Å². The number of benzene rings is 2. The summed E-state index contributed by atoms with van der Waals surface area (Å²) in [6, 6.07) is 8.66. The third kappa shape index (κ3) is 3.92. The van der Waals surface area contributed by atoms with E-state index in [4.69, 9.17) is 4.42 Å². The van der Waals surface area contributed by atoms with Crippen molar-refractivity contribution >= 4 is 16.9 Å². The first-order chi connectivity index (χ1) is 12.9. The van der Waals surface area contributed by atoms with E-state index in [0.717, 1.165) is 6.07 Å². The molecule has 0 bridgehead atoms. The van der Waals surface area contributed by atoms with Crippen LogP contribution in [0.5, 0.6) is 11.5 Å². The molecule has 140 valence electrons. The van der Waals surface area contributed by atoms with E-state index >= 15 is 0 Å². The molecule has 0 atom stereocenters. The van der Waals surface area contributed by atoms with Gasteiger partial charge in [-0.1, -0.05) is 18.2 Å². The molecule has 0 aliphatic carbocycles. The molecule has 3 N–H and O–H groups in total. The maximum Gasteiger partial charge on any atom is 0.340 e. The summed E-state index contributed by atoms with van der Waals surface area (Å²) in [5.41, 5.74) is 0.340. The maximum atomic E-state index is 13.6. The highest BCUT2D eigenvalue weighted by atomic mass is 19.1. The largest absolute Gasteiger partial charge is 0.508 e. The zero-order valence-corrected chi connectivity index (χ0v) is 14.6. The summed E-state index contributed by atoms with van der Waals surface area (Å²) >= 11 is 0. The minimum Gasteiger partial charge on any atom is -0.508 e. The Kier molecular flexibility index (Phi) is 5.12. The van der Waals surface area contributed by atoms with Gasteiger partial charge in [-0.15, -0.1) is 0 Å². The van der Waals surface area contributed by atoms with Crippen LogP contribution in [0.2, 0.25) is 0 Å². The molecule has 3 rings (SSSR count). The van der Waals surface area contributed by atoms with Crippen LogP contribution in [-0.2, 0) is 17.6 Å². The van der Waals surface area contributed by atoms with Crippen molar-refractivity contribution in [2.24, 2.45) is 0 Å². The Hall–Kier alpha value is -3.35. The number of phenolic OH excluding ortho intramolecular Hbond substituents is 2.